The minimum Gasteiger partial charge on any atom is -0.340 e. The van der Waals surface area contributed by atoms with Crippen molar-refractivity contribution >= 4 is 46.6 Å². The fourth-order valence-corrected chi connectivity index (χ4v) is 4.31. The van der Waals surface area contributed by atoms with E-state index >= 15 is 0 Å². The summed E-state index contributed by atoms with van der Waals surface area (Å²) in [5, 5.41) is 3.95. The van der Waals surface area contributed by atoms with Crippen molar-refractivity contribution in [1.82, 2.24) is 15.1 Å². The van der Waals surface area contributed by atoms with Gasteiger partial charge < -0.3 is 10.2 Å². The Morgan fingerprint density at radius 3 is 2.20 bits per heavy atom. The lowest BCUT2D eigenvalue weighted by Gasteiger charge is -2.39. The van der Waals surface area contributed by atoms with Crippen molar-refractivity contribution in [1.29, 1.82) is 0 Å². The molecule has 3 rings (SSSR count). The van der Waals surface area contributed by atoms with Crippen molar-refractivity contribution in [3.05, 3.63) is 68.7 Å². The first-order valence-electron chi connectivity index (χ1n) is 9.81. The van der Waals surface area contributed by atoms with Gasteiger partial charge in [-0.05, 0) is 37.6 Å². The molecule has 2 atom stereocenters. The van der Waals surface area contributed by atoms with Crippen LogP contribution in [0.1, 0.15) is 35.8 Å². The van der Waals surface area contributed by atoms with Crippen molar-refractivity contribution in [2.24, 2.45) is 0 Å². The third-order valence-electron chi connectivity index (χ3n) is 5.44. The van der Waals surface area contributed by atoms with E-state index in [2.05, 4.69) is 17.1 Å². The predicted octanol–water partition coefficient (Wildman–Crippen LogP) is 4.67. The van der Waals surface area contributed by atoms with Crippen molar-refractivity contribution in [2.75, 3.05) is 26.2 Å². The Hall–Kier alpha value is -1.79. The highest BCUT2D eigenvalue weighted by Crippen LogP contribution is 2.28. The number of carbonyl (C=O) groups excluding carboxylic acids is 2. The molecule has 30 heavy (non-hydrogen) atoms. The second-order valence-corrected chi connectivity index (χ2v) is 8.55. The van der Waals surface area contributed by atoms with Gasteiger partial charge in [0.2, 0.25) is 5.91 Å². The molecule has 0 aliphatic carbocycles. The van der Waals surface area contributed by atoms with Crippen molar-refractivity contribution in [3.63, 3.8) is 0 Å². The van der Waals surface area contributed by atoms with E-state index in [1.54, 1.807) is 30.0 Å². The molecule has 5 nitrogen and oxygen atoms in total. The Kier molecular flexibility index (Phi) is 7.64. The largest absolute Gasteiger partial charge is 0.340 e. The summed E-state index contributed by atoms with van der Waals surface area (Å²) in [5.74, 6) is -0.541. The molecule has 0 radical (unpaired) electrons. The van der Waals surface area contributed by atoms with Gasteiger partial charge in [0, 0.05) is 37.2 Å². The van der Waals surface area contributed by atoms with E-state index in [9.17, 15) is 9.59 Å². The van der Waals surface area contributed by atoms with Crippen molar-refractivity contribution in [3.8, 4) is 0 Å². The standard InChI is InChI=1S/C22H24Cl3N3O2/c1-14(26-21(29)17-7-5-9-19(24)20(17)25)22(30)28-12-10-27(11-13-28)15(2)16-6-3-4-8-18(16)23/h3-9,14-15H,10-13H2,1-2H3,(H,26,29). The molecule has 1 saturated heterocycles. The van der Waals surface area contributed by atoms with E-state index in [4.69, 9.17) is 34.8 Å². The van der Waals surface area contributed by atoms with E-state index in [-0.39, 0.29) is 22.5 Å². The summed E-state index contributed by atoms with van der Waals surface area (Å²) in [6, 6.07) is 12.2. The lowest BCUT2D eigenvalue weighted by atomic mass is 10.1. The Morgan fingerprint density at radius 2 is 1.53 bits per heavy atom. The number of piperazine rings is 1. The Labute approximate surface area is 191 Å². The summed E-state index contributed by atoms with van der Waals surface area (Å²) >= 11 is 18.4. The Morgan fingerprint density at radius 1 is 0.900 bits per heavy atom. The van der Waals surface area contributed by atoms with Gasteiger partial charge in [0.15, 0.2) is 0 Å². The van der Waals surface area contributed by atoms with Crippen LogP contribution in [0.4, 0.5) is 0 Å². The van der Waals surface area contributed by atoms with Gasteiger partial charge in [0.05, 0.1) is 15.6 Å². The molecule has 2 aromatic rings. The summed E-state index contributed by atoms with van der Waals surface area (Å²) in [6.07, 6.45) is 0. The summed E-state index contributed by atoms with van der Waals surface area (Å²) in [5.41, 5.74) is 1.33. The van der Waals surface area contributed by atoms with E-state index in [0.29, 0.717) is 18.1 Å². The summed E-state index contributed by atoms with van der Waals surface area (Å²) in [6.45, 7) is 6.45. The van der Waals surface area contributed by atoms with Crippen molar-refractivity contribution < 1.29 is 9.59 Å². The molecule has 2 amide bonds. The van der Waals surface area contributed by atoms with Crippen LogP contribution in [0.25, 0.3) is 0 Å². The first kappa shape index (κ1) is 22.9. The van der Waals surface area contributed by atoms with E-state index < -0.39 is 11.9 Å². The van der Waals surface area contributed by atoms with Gasteiger partial charge in [-0.2, -0.15) is 0 Å². The monoisotopic (exact) mass is 467 g/mol. The fraction of sp³-hybridized carbons (Fsp3) is 0.364. The zero-order valence-corrected chi connectivity index (χ0v) is 19.1. The normalized spacial score (nSPS) is 16.8. The van der Waals surface area contributed by atoms with Gasteiger partial charge in [-0.1, -0.05) is 59.1 Å². The molecular weight excluding hydrogens is 445 g/mol. The molecule has 2 unspecified atom stereocenters. The number of hydrogen-bond acceptors (Lipinski definition) is 3. The van der Waals surface area contributed by atoms with Crippen molar-refractivity contribution in [2.45, 2.75) is 25.9 Å². The first-order chi connectivity index (χ1) is 14.3. The molecule has 1 N–H and O–H groups in total. The number of nitrogens with zero attached hydrogens (tertiary/aromatic N) is 2. The van der Waals surface area contributed by atoms with Crippen LogP contribution in [0.2, 0.25) is 15.1 Å². The molecule has 0 spiro atoms. The molecule has 0 saturated carbocycles. The van der Waals surface area contributed by atoms with Gasteiger partial charge in [-0.15, -0.1) is 0 Å². The fourth-order valence-electron chi connectivity index (χ4n) is 3.63. The first-order valence-corrected chi connectivity index (χ1v) is 10.9. The molecule has 1 fully saturated rings. The van der Waals surface area contributed by atoms with Gasteiger partial charge >= 0.3 is 0 Å². The number of hydrogen-bond donors (Lipinski definition) is 1. The molecule has 8 heteroatoms. The highest BCUT2D eigenvalue weighted by atomic mass is 35.5. The second-order valence-electron chi connectivity index (χ2n) is 7.36. The smallest absolute Gasteiger partial charge is 0.253 e. The van der Waals surface area contributed by atoms with Crippen LogP contribution in [-0.2, 0) is 4.79 Å². The molecule has 1 aliphatic heterocycles. The molecular formula is C22H24Cl3N3O2. The second kappa shape index (κ2) is 10.0. The average molecular weight is 469 g/mol. The number of amides is 2. The summed E-state index contributed by atoms with van der Waals surface area (Å²) < 4.78 is 0. The molecule has 1 aliphatic rings. The maximum Gasteiger partial charge on any atom is 0.253 e. The van der Waals surface area contributed by atoms with Crippen LogP contribution in [0.15, 0.2) is 42.5 Å². The maximum atomic E-state index is 12.8. The average Bonchev–Trinajstić information content (AvgIpc) is 2.75. The third kappa shape index (κ3) is 5.09. The van der Waals surface area contributed by atoms with E-state index in [1.165, 1.54) is 0 Å². The van der Waals surface area contributed by atoms with E-state index in [1.807, 2.05) is 24.3 Å². The lowest BCUT2D eigenvalue weighted by Crippen LogP contribution is -2.54. The Balaban J connectivity index is 1.56. The topological polar surface area (TPSA) is 52.7 Å². The predicted molar refractivity (Wildman–Crippen MR) is 121 cm³/mol. The van der Waals surface area contributed by atoms with Crippen LogP contribution in [0.3, 0.4) is 0 Å². The summed E-state index contributed by atoms with van der Waals surface area (Å²) in [7, 11) is 0. The van der Waals surface area contributed by atoms with Crippen LogP contribution in [-0.4, -0.2) is 53.8 Å². The molecule has 160 valence electrons. The highest BCUT2D eigenvalue weighted by molar-refractivity contribution is 6.43. The van der Waals surface area contributed by atoms with Gasteiger partial charge in [-0.25, -0.2) is 0 Å². The van der Waals surface area contributed by atoms with Crippen LogP contribution < -0.4 is 5.32 Å². The quantitative estimate of drug-likeness (QED) is 0.694. The van der Waals surface area contributed by atoms with Gasteiger partial charge in [0.1, 0.15) is 6.04 Å². The number of benzene rings is 2. The number of nitrogens with one attached hydrogen (secondary N) is 1. The number of rotatable bonds is 5. The lowest BCUT2D eigenvalue weighted by molar-refractivity contribution is -0.134. The minimum atomic E-state index is -0.667. The van der Waals surface area contributed by atoms with Crippen LogP contribution >= 0.6 is 34.8 Å². The van der Waals surface area contributed by atoms with Gasteiger partial charge in [-0.3, -0.25) is 14.5 Å². The summed E-state index contributed by atoms with van der Waals surface area (Å²) in [4.78, 5) is 29.4. The maximum absolute atomic E-state index is 12.8. The Bertz CT molecular complexity index is 930. The zero-order chi connectivity index (χ0) is 21.8. The molecule has 0 aromatic heterocycles. The number of carbonyl (C=O) groups is 2. The molecule has 2 aromatic carbocycles. The highest BCUT2D eigenvalue weighted by Gasteiger charge is 2.29. The van der Waals surface area contributed by atoms with E-state index in [0.717, 1.165) is 23.7 Å². The molecule has 0 bridgehead atoms. The molecule has 1 heterocycles. The zero-order valence-electron chi connectivity index (χ0n) is 16.9. The minimum absolute atomic E-state index is 0.119. The number of halogens is 3. The van der Waals surface area contributed by atoms with Crippen LogP contribution in [0.5, 0.6) is 0 Å². The third-order valence-corrected chi connectivity index (χ3v) is 6.61. The van der Waals surface area contributed by atoms with Crippen LogP contribution in [0, 0.1) is 0 Å². The SMILES string of the molecule is CC(NC(=O)c1cccc(Cl)c1Cl)C(=O)N1CCN(C(C)c2ccccc2Cl)CC1. The van der Waals surface area contributed by atoms with Gasteiger partial charge in [0.25, 0.3) is 5.91 Å².